The third-order valence-corrected chi connectivity index (χ3v) is 2.19. The number of nitrogens with one attached hydrogen (secondary N) is 1. The Bertz CT molecular complexity index is 345. The Morgan fingerprint density at radius 3 is 2.47 bits per heavy atom. The second-order valence-corrected chi connectivity index (χ2v) is 3.24. The monoisotopic (exact) mass is 207 g/mol. The van der Waals surface area contributed by atoms with Crippen molar-refractivity contribution in [3.8, 4) is 0 Å². The van der Waals surface area contributed by atoms with Gasteiger partial charge in [0.2, 0.25) is 0 Å². The summed E-state index contributed by atoms with van der Waals surface area (Å²) >= 11 is 0. The quantitative estimate of drug-likeness (QED) is 0.698. The number of carboxylic acids is 1. The Hall–Kier alpha value is -1.68. The third kappa shape index (κ3) is 3.18. The molecule has 15 heavy (non-hydrogen) atoms. The highest BCUT2D eigenvalue weighted by Gasteiger charge is 2.06. The first-order valence-corrected chi connectivity index (χ1v) is 4.62. The van der Waals surface area contributed by atoms with Crippen LogP contribution in [0.15, 0.2) is 24.3 Å². The second kappa shape index (κ2) is 5.26. The van der Waals surface area contributed by atoms with Crippen molar-refractivity contribution in [3.63, 3.8) is 0 Å². The summed E-state index contributed by atoms with van der Waals surface area (Å²) in [6.07, 6.45) is 1.41. The molecule has 4 nitrogen and oxygen atoms in total. The van der Waals surface area contributed by atoms with Crippen LogP contribution in [-0.2, 0) is 11.2 Å². The average Bonchev–Trinajstić information content (AvgIpc) is 2.26. The molecule has 0 unspecified atom stereocenters. The largest absolute Gasteiger partial charge is 0.478 e. The first-order chi connectivity index (χ1) is 7.17. The van der Waals surface area contributed by atoms with Crippen molar-refractivity contribution in [3.05, 3.63) is 35.4 Å². The SMILES string of the molecule is CN[C@H](C=O)Cc1ccc(C(=O)O)cc1. The van der Waals surface area contributed by atoms with Crippen molar-refractivity contribution in [2.45, 2.75) is 12.5 Å². The van der Waals surface area contributed by atoms with Crippen LogP contribution in [0.2, 0.25) is 0 Å². The molecule has 1 aromatic rings. The van der Waals surface area contributed by atoms with E-state index in [2.05, 4.69) is 5.32 Å². The van der Waals surface area contributed by atoms with Crippen molar-refractivity contribution in [2.24, 2.45) is 0 Å². The maximum atomic E-state index is 10.6. The molecule has 0 saturated carbocycles. The predicted octanol–water partition coefficient (Wildman–Crippen LogP) is 0.714. The number of likely N-dealkylation sites (N-methyl/N-ethyl adjacent to an activating group) is 1. The molecule has 80 valence electrons. The van der Waals surface area contributed by atoms with E-state index in [0.29, 0.717) is 6.42 Å². The summed E-state index contributed by atoms with van der Waals surface area (Å²) in [5.74, 6) is -0.942. The smallest absolute Gasteiger partial charge is 0.335 e. The van der Waals surface area contributed by atoms with Crippen molar-refractivity contribution in [2.75, 3.05) is 7.05 Å². The zero-order valence-electron chi connectivity index (χ0n) is 8.43. The Morgan fingerprint density at radius 2 is 2.07 bits per heavy atom. The number of rotatable bonds is 5. The van der Waals surface area contributed by atoms with Crippen LogP contribution in [0.5, 0.6) is 0 Å². The number of carbonyl (C=O) groups excluding carboxylic acids is 1. The fourth-order valence-corrected chi connectivity index (χ4v) is 1.26. The van der Waals surface area contributed by atoms with Crippen molar-refractivity contribution in [1.82, 2.24) is 5.32 Å². The highest BCUT2D eigenvalue weighted by molar-refractivity contribution is 5.87. The number of carbonyl (C=O) groups is 2. The van der Waals surface area contributed by atoms with Crippen LogP contribution in [-0.4, -0.2) is 30.5 Å². The molecule has 0 amide bonds. The van der Waals surface area contributed by atoms with Gasteiger partial charge in [0.05, 0.1) is 11.6 Å². The topological polar surface area (TPSA) is 66.4 Å². The van der Waals surface area contributed by atoms with E-state index in [1.165, 1.54) is 12.1 Å². The van der Waals surface area contributed by atoms with Gasteiger partial charge in [-0.15, -0.1) is 0 Å². The minimum Gasteiger partial charge on any atom is -0.478 e. The number of aldehydes is 1. The minimum atomic E-state index is -0.942. The molecular weight excluding hydrogens is 194 g/mol. The third-order valence-electron chi connectivity index (χ3n) is 2.19. The van der Waals surface area contributed by atoms with E-state index in [9.17, 15) is 9.59 Å². The van der Waals surface area contributed by atoms with Crippen LogP contribution >= 0.6 is 0 Å². The Morgan fingerprint density at radius 1 is 1.47 bits per heavy atom. The molecule has 0 aliphatic heterocycles. The number of aromatic carboxylic acids is 1. The lowest BCUT2D eigenvalue weighted by atomic mass is 10.1. The highest BCUT2D eigenvalue weighted by atomic mass is 16.4. The van der Waals surface area contributed by atoms with E-state index >= 15 is 0 Å². The summed E-state index contributed by atoms with van der Waals surface area (Å²) in [7, 11) is 1.71. The van der Waals surface area contributed by atoms with E-state index in [4.69, 9.17) is 5.11 Å². The number of hydrogen-bond acceptors (Lipinski definition) is 3. The van der Waals surface area contributed by atoms with Gasteiger partial charge < -0.3 is 15.2 Å². The molecular formula is C11H13NO3. The van der Waals surface area contributed by atoms with E-state index in [-0.39, 0.29) is 11.6 Å². The predicted molar refractivity (Wildman–Crippen MR) is 56.0 cm³/mol. The van der Waals surface area contributed by atoms with Gasteiger partial charge in [0, 0.05) is 0 Å². The lowest BCUT2D eigenvalue weighted by Gasteiger charge is -2.08. The number of benzene rings is 1. The van der Waals surface area contributed by atoms with Crippen molar-refractivity contribution < 1.29 is 14.7 Å². The number of carboxylic acid groups (broad SMARTS) is 1. The summed E-state index contributed by atoms with van der Waals surface area (Å²) < 4.78 is 0. The van der Waals surface area contributed by atoms with Gasteiger partial charge in [-0.3, -0.25) is 0 Å². The molecule has 4 heteroatoms. The molecule has 0 aliphatic carbocycles. The van der Waals surface area contributed by atoms with Gasteiger partial charge in [0.15, 0.2) is 0 Å². The normalized spacial score (nSPS) is 12.1. The minimum absolute atomic E-state index is 0.222. The standard InChI is InChI=1S/C11H13NO3/c1-12-10(7-13)6-8-2-4-9(5-3-8)11(14)15/h2-5,7,10,12H,6H2,1H3,(H,14,15)/t10-/m0/s1. The Kier molecular flexibility index (Phi) is 4.00. The van der Waals surface area contributed by atoms with Crippen molar-refractivity contribution >= 4 is 12.3 Å². The zero-order chi connectivity index (χ0) is 11.3. The molecule has 0 heterocycles. The van der Waals surface area contributed by atoms with Gasteiger partial charge in [-0.1, -0.05) is 12.1 Å². The summed E-state index contributed by atoms with van der Waals surface area (Å²) in [6.45, 7) is 0. The fourth-order valence-electron chi connectivity index (χ4n) is 1.26. The lowest BCUT2D eigenvalue weighted by molar-refractivity contribution is -0.109. The van der Waals surface area contributed by atoms with Crippen LogP contribution in [0.3, 0.4) is 0 Å². The molecule has 0 aliphatic rings. The fraction of sp³-hybridized carbons (Fsp3) is 0.273. The second-order valence-electron chi connectivity index (χ2n) is 3.24. The molecule has 1 aromatic carbocycles. The molecule has 0 bridgehead atoms. The van der Waals surface area contributed by atoms with Crippen LogP contribution in [0.25, 0.3) is 0 Å². The molecule has 0 radical (unpaired) electrons. The number of hydrogen-bond donors (Lipinski definition) is 2. The van der Waals surface area contributed by atoms with E-state index in [1.807, 2.05) is 0 Å². The first kappa shape index (κ1) is 11.4. The molecule has 1 rings (SSSR count). The van der Waals surface area contributed by atoms with Gasteiger partial charge in [0.1, 0.15) is 6.29 Å². The molecule has 0 saturated heterocycles. The first-order valence-electron chi connectivity index (χ1n) is 4.62. The maximum absolute atomic E-state index is 10.6. The zero-order valence-corrected chi connectivity index (χ0v) is 8.43. The van der Waals surface area contributed by atoms with E-state index < -0.39 is 5.97 Å². The van der Waals surface area contributed by atoms with Crippen LogP contribution in [0, 0.1) is 0 Å². The van der Waals surface area contributed by atoms with Gasteiger partial charge in [-0.05, 0) is 31.2 Å². The van der Waals surface area contributed by atoms with E-state index in [0.717, 1.165) is 11.8 Å². The summed E-state index contributed by atoms with van der Waals surface area (Å²) in [4.78, 5) is 21.1. The van der Waals surface area contributed by atoms with Gasteiger partial charge in [-0.2, -0.15) is 0 Å². The summed E-state index contributed by atoms with van der Waals surface area (Å²) in [6, 6.07) is 6.29. The maximum Gasteiger partial charge on any atom is 0.335 e. The summed E-state index contributed by atoms with van der Waals surface area (Å²) in [5, 5.41) is 11.5. The average molecular weight is 207 g/mol. The highest BCUT2D eigenvalue weighted by Crippen LogP contribution is 2.06. The van der Waals surface area contributed by atoms with Gasteiger partial charge in [-0.25, -0.2) is 4.79 Å². The molecule has 1 atom stereocenters. The Balaban J connectivity index is 2.71. The Labute approximate surface area is 87.9 Å². The van der Waals surface area contributed by atoms with E-state index in [1.54, 1.807) is 19.2 Å². The molecule has 0 fully saturated rings. The van der Waals surface area contributed by atoms with Crippen molar-refractivity contribution in [1.29, 1.82) is 0 Å². The molecule has 0 spiro atoms. The summed E-state index contributed by atoms with van der Waals surface area (Å²) in [5.41, 5.74) is 1.19. The molecule has 2 N–H and O–H groups in total. The lowest BCUT2D eigenvalue weighted by Crippen LogP contribution is -2.28. The molecule has 0 aromatic heterocycles. The van der Waals surface area contributed by atoms with Gasteiger partial charge in [0.25, 0.3) is 0 Å². The van der Waals surface area contributed by atoms with Crippen LogP contribution in [0.1, 0.15) is 15.9 Å². The van der Waals surface area contributed by atoms with Crippen LogP contribution < -0.4 is 5.32 Å². The van der Waals surface area contributed by atoms with Crippen LogP contribution in [0.4, 0.5) is 0 Å². The van der Waals surface area contributed by atoms with Gasteiger partial charge >= 0.3 is 5.97 Å².